The second kappa shape index (κ2) is 7.63. The van der Waals surface area contributed by atoms with Gasteiger partial charge in [0.2, 0.25) is 0 Å². The summed E-state index contributed by atoms with van der Waals surface area (Å²) in [6, 6.07) is 11.5. The fourth-order valence-electron chi connectivity index (χ4n) is 2.52. The third kappa shape index (κ3) is 4.04. The minimum Gasteiger partial charge on any atom is -0.382 e. The van der Waals surface area contributed by atoms with Crippen molar-refractivity contribution in [3.05, 3.63) is 52.1 Å². The maximum atomic E-state index is 12.4. The lowest BCUT2D eigenvalue weighted by Crippen LogP contribution is -2.41. The molecule has 0 aliphatic carbocycles. The molecule has 2 aromatic rings. The quantitative estimate of drug-likeness (QED) is 0.837. The predicted octanol–water partition coefficient (Wildman–Crippen LogP) is 2.51. The van der Waals surface area contributed by atoms with E-state index in [9.17, 15) is 4.79 Å². The highest BCUT2D eigenvalue weighted by Crippen LogP contribution is 2.19. The average Bonchev–Trinajstić information content (AvgIpc) is 2.61. The zero-order valence-corrected chi connectivity index (χ0v) is 14.8. The molecule has 0 bridgehead atoms. The second-order valence-corrected chi connectivity index (χ2v) is 6.43. The van der Waals surface area contributed by atoms with Gasteiger partial charge in [-0.05, 0) is 29.8 Å². The number of hydrogen-bond donors (Lipinski definition) is 2. The summed E-state index contributed by atoms with van der Waals surface area (Å²) in [4.78, 5) is 18.4. The van der Waals surface area contributed by atoms with E-state index in [1.807, 2.05) is 24.3 Å². The number of nitrogens with one attached hydrogen (secondary N) is 1. The molecule has 24 heavy (non-hydrogen) atoms. The lowest BCUT2D eigenvalue weighted by Gasteiger charge is -2.26. The number of morpholine rings is 1. The van der Waals surface area contributed by atoms with Crippen molar-refractivity contribution in [3.63, 3.8) is 0 Å². The number of amides is 1. The van der Waals surface area contributed by atoms with Gasteiger partial charge in [-0.1, -0.05) is 28.1 Å². The largest absolute Gasteiger partial charge is 0.382 e. The number of rotatable bonds is 4. The first-order valence-corrected chi connectivity index (χ1v) is 8.54. The lowest BCUT2D eigenvalue weighted by atomic mass is 10.2. The van der Waals surface area contributed by atoms with E-state index < -0.39 is 0 Å². The summed E-state index contributed by atoms with van der Waals surface area (Å²) in [6.45, 7) is 2.93. The Hall–Kier alpha value is -2.12. The molecule has 0 atom stereocenters. The van der Waals surface area contributed by atoms with Crippen LogP contribution in [0.2, 0.25) is 0 Å². The zero-order valence-electron chi connectivity index (χ0n) is 13.2. The number of aromatic nitrogens is 1. The van der Waals surface area contributed by atoms with E-state index in [2.05, 4.69) is 26.2 Å². The third-order valence-electron chi connectivity index (χ3n) is 3.81. The molecule has 1 aliphatic rings. The number of carbonyl (C=O) groups is 1. The van der Waals surface area contributed by atoms with Crippen LogP contribution in [-0.4, -0.2) is 42.1 Å². The van der Waals surface area contributed by atoms with Gasteiger partial charge >= 0.3 is 0 Å². The van der Waals surface area contributed by atoms with Crippen molar-refractivity contribution >= 4 is 33.3 Å². The number of pyridine rings is 1. The van der Waals surface area contributed by atoms with E-state index in [0.29, 0.717) is 50.0 Å². The molecule has 0 radical (unpaired) electrons. The SMILES string of the molecule is Nc1nc(C(=O)N2CCOCC2)ccc1NCc1cccc(Br)c1. The molecule has 1 amide bonds. The maximum absolute atomic E-state index is 12.4. The molecule has 1 aliphatic heterocycles. The number of anilines is 2. The highest BCUT2D eigenvalue weighted by Gasteiger charge is 2.20. The normalized spacial score (nSPS) is 14.5. The van der Waals surface area contributed by atoms with Crippen LogP contribution in [0.15, 0.2) is 40.9 Å². The molecule has 6 nitrogen and oxygen atoms in total. The maximum Gasteiger partial charge on any atom is 0.272 e. The van der Waals surface area contributed by atoms with Crippen LogP contribution in [0.25, 0.3) is 0 Å². The summed E-state index contributed by atoms with van der Waals surface area (Å²) < 4.78 is 6.29. The van der Waals surface area contributed by atoms with E-state index >= 15 is 0 Å². The summed E-state index contributed by atoms with van der Waals surface area (Å²) in [7, 11) is 0. The van der Waals surface area contributed by atoms with Gasteiger partial charge in [0.1, 0.15) is 11.5 Å². The molecule has 0 spiro atoms. The van der Waals surface area contributed by atoms with E-state index in [-0.39, 0.29) is 5.91 Å². The Kier molecular flexibility index (Phi) is 5.32. The molecule has 3 N–H and O–H groups in total. The number of nitrogens with zero attached hydrogens (tertiary/aromatic N) is 2. The van der Waals surface area contributed by atoms with Gasteiger partial charge in [0.25, 0.3) is 5.91 Å². The average molecular weight is 391 g/mol. The van der Waals surface area contributed by atoms with Gasteiger partial charge in [-0.25, -0.2) is 4.98 Å². The highest BCUT2D eigenvalue weighted by molar-refractivity contribution is 9.10. The van der Waals surface area contributed by atoms with Gasteiger partial charge in [0.05, 0.1) is 18.9 Å². The van der Waals surface area contributed by atoms with Crippen LogP contribution in [0.1, 0.15) is 16.1 Å². The molecular formula is C17H19BrN4O2. The van der Waals surface area contributed by atoms with Crippen LogP contribution in [0.3, 0.4) is 0 Å². The molecule has 2 heterocycles. The Morgan fingerprint density at radius 2 is 2.08 bits per heavy atom. The van der Waals surface area contributed by atoms with Gasteiger partial charge in [0, 0.05) is 24.1 Å². The molecular weight excluding hydrogens is 372 g/mol. The van der Waals surface area contributed by atoms with E-state index in [4.69, 9.17) is 10.5 Å². The van der Waals surface area contributed by atoms with Crippen LogP contribution >= 0.6 is 15.9 Å². The number of carbonyl (C=O) groups excluding carboxylic acids is 1. The van der Waals surface area contributed by atoms with Crippen LogP contribution in [-0.2, 0) is 11.3 Å². The van der Waals surface area contributed by atoms with Crippen molar-refractivity contribution in [2.75, 3.05) is 37.4 Å². The van der Waals surface area contributed by atoms with Crippen molar-refractivity contribution in [2.24, 2.45) is 0 Å². The first kappa shape index (κ1) is 16.7. The molecule has 1 aromatic heterocycles. The van der Waals surface area contributed by atoms with Crippen molar-refractivity contribution in [1.82, 2.24) is 9.88 Å². The molecule has 1 saturated heterocycles. The Bertz CT molecular complexity index is 732. The fraction of sp³-hybridized carbons (Fsp3) is 0.294. The summed E-state index contributed by atoms with van der Waals surface area (Å²) in [6.07, 6.45) is 0. The number of nitrogen functional groups attached to an aromatic ring is 1. The summed E-state index contributed by atoms with van der Waals surface area (Å²) in [5.41, 5.74) is 8.21. The monoisotopic (exact) mass is 390 g/mol. The van der Waals surface area contributed by atoms with Crippen LogP contribution in [0.4, 0.5) is 11.5 Å². The van der Waals surface area contributed by atoms with Crippen molar-refractivity contribution in [1.29, 1.82) is 0 Å². The summed E-state index contributed by atoms with van der Waals surface area (Å²) >= 11 is 3.45. The fourth-order valence-corrected chi connectivity index (χ4v) is 2.96. The number of halogens is 1. The molecule has 3 rings (SSSR count). The zero-order chi connectivity index (χ0) is 16.9. The third-order valence-corrected chi connectivity index (χ3v) is 4.31. The van der Waals surface area contributed by atoms with Crippen molar-refractivity contribution in [2.45, 2.75) is 6.54 Å². The van der Waals surface area contributed by atoms with E-state index in [0.717, 1.165) is 10.0 Å². The summed E-state index contributed by atoms with van der Waals surface area (Å²) in [5.74, 6) is 0.215. The van der Waals surface area contributed by atoms with Crippen LogP contribution < -0.4 is 11.1 Å². The molecule has 126 valence electrons. The molecule has 0 unspecified atom stereocenters. The number of nitrogens with two attached hydrogens (primary N) is 1. The van der Waals surface area contributed by atoms with E-state index in [1.54, 1.807) is 17.0 Å². The van der Waals surface area contributed by atoms with Crippen molar-refractivity contribution in [3.8, 4) is 0 Å². The topological polar surface area (TPSA) is 80.5 Å². The first-order chi connectivity index (χ1) is 11.6. The van der Waals surface area contributed by atoms with Gasteiger partial charge in [-0.3, -0.25) is 4.79 Å². The molecule has 7 heteroatoms. The van der Waals surface area contributed by atoms with E-state index in [1.165, 1.54) is 0 Å². The van der Waals surface area contributed by atoms with Crippen LogP contribution in [0.5, 0.6) is 0 Å². The standard InChI is InChI=1S/C17H19BrN4O2/c18-13-3-1-2-12(10-13)11-20-14-4-5-15(21-16(14)19)17(23)22-6-8-24-9-7-22/h1-5,10,20H,6-9,11H2,(H2,19,21). The van der Waals surface area contributed by atoms with Gasteiger partial charge < -0.3 is 20.7 Å². The summed E-state index contributed by atoms with van der Waals surface area (Å²) in [5, 5.41) is 3.25. The molecule has 1 fully saturated rings. The number of ether oxygens (including phenoxy) is 1. The van der Waals surface area contributed by atoms with Crippen molar-refractivity contribution < 1.29 is 9.53 Å². The highest BCUT2D eigenvalue weighted by atomic mass is 79.9. The van der Waals surface area contributed by atoms with Crippen LogP contribution in [0, 0.1) is 0 Å². The Morgan fingerprint density at radius 3 is 2.79 bits per heavy atom. The number of hydrogen-bond acceptors (Lipinski definition) is 5. The Balaban J connectivity index is 1.67. The second-order valence-electron chi connectivity index (χ2n) is 5.52. The lowest BCUT2D eigenvalue weighted by molar-refractivity contribution is 0.0299. The van der Waals surface area contributed by atoms with Gasteiger partial charge in [-0.15, -0.1) is 0 Å². The minimum absolute atomic E-state index is 0.108. The first-order valence-electron chi connectivity index (χ1n) is 7.75. The smallest absolute Gasteiger partial charge is 0.272 e. The van der Waals surface area contributed by atoms with Gasteiger partial charge in [-0.2, -0.15) is 0 Å². The Morgan fingerprint density at radius 1 is 1.29 bits per heavy atom. The predicted molar refractivity (Wildman–Crippen MR) is 96.8 cm³/mol. The molecule has 1 aromatic carbocycles. The number of benzene rings is 1. The minimum atomic E-state index is -0.108. The van der Waals surface area contributed by atoms with Gasteiger partial charge in [0.15, 0.2) is 0 Å². The Labute approximate surface area is 149 Å². The molecule has 0 saturated carbocycles.